The average Bonchev–Trinajstić information content (AvgIpc) is 2.70. The molecule has 162 valence electrons. The maximum absolute atomic E-state index is 13.1. The molecule has 0 amide bonds. The summed E-state index contributed by atoms with van der Waals surface area (Å²) in [5, 5.41) is 52.5. The number of aromatic hydroxyl groups is 3. The van der Waals surface area contributed by atoms with Crippen LogP contribution in [0.25, 0.3) is 0 Å². The SMILES string of the molecule is CCC1(O)C[C@@H](O)c2c(cc3c(c2O)C(=O)c2c(O)cc(O)cc2C3=O)[C@@H]1C(=O)OC. The third-order valence-electron chi connectivity index (χ3n) is 6.20. The fourth-order valence-corrected chi connectivity index (χ4v) is 4.66. The quantitative estimate of drug-likeness (QED) is 0.380. The van der Waals surface area contributed by atoms with Crippen LogP contribution in [0, 0.1) is 0 Å². The maximum Gasteiger partial charge on any atom is 0.316 e. The molecule has 2 aromatic carbocycles. The summed E-state index contributed by atoms with van der Waals surface area (Å²) in [5.41, 5.74) is -3.26. The van der Waals surface area contributed by atoms with Gasteiger partial charge in [0.15, 0.2) is 5.78 Å². The number of carbonyl (C=O) groups excluding carboxylic acids is 3. The normalized spacial score (nSPS) is 24.3. The molecule has 31 heavy (non-hydrogen) atoms. The first kappa shape index (κ1) is 20.8. The molecular weight excluding hydrogens is 408 g/mol. The van der Waals surface area contributed by atoms with Crippen LogP contribution < -0.4 is 0 Å². The number of carbonyl (C=O) groups is 3. The van der Waals surface area contributed by atoms with Crippen molar-refractivity contribution < 1.29 is 44.7 Å². The van der Waals surface area contributed by atoms with Crippen molar-refractivity contribution in [3.8, 4) is 17.2 Å². The van der Waals surface area contributed by atoms with Gasteiger partial charge in [-0.15, -0.1) is 0 Å². The van der Waals surface area contributed by atoms with E-state index in [1.165, 1.54) is 6.07 Å². The first-order chi connectivity index (χ1) is 14.6. The van der Waals surface area contributed by atoms with Crippen molar-refractivity contribution in [3.05, 3.63) is 51.6 Å². The van der Waals surface area contributed by atoms with E-state index in [1.807, 2.05) is 0 Å². The Labute approximate surface area is 176 Å². The first-order valence-electron chi connectivity index (χ1n) is 9.59. The van der Waals surface area contributed by atoms with E-state index in [9.17, 15) is 39.9 Å². The van der Waals surface area contributed by atoms with Gasteiger partial charge in [0.2, 0.25) is 5.78 Å². The van der Waals surface area contributed by atoms with Crippen LogP contribution >= 0.6 is 0 Å². The van der Waals surface area contributed by atoms with E-state index in [4.69, 9.17) is 4.74 Å². The van der Waals surface area contributed by atoms with E-state index in [-0.39, 0.29) is 40.7 Å². The molecule has 2 aromatic rings. The third kappa shape index (κ3) is 2.74. The lowest BCUT2D eigenvalue weighted by atomic mass is 9.67. The number of benzene rings is 2. The molecule has 9 nitrogen and oxygen atoms in total. The van der Waals surface area contributed by atoms with Crippen LogP contribution in [0.1, 0.15) is 74.8 Å². The van der Waals surface area contributed by atoms with E-state index in [0.717, 1.165) is 19.2 Å². The van der Waals surface area contributed by atoms with Gasteiger partial charge in [-0.25, -0.2) is 0 Å². The molecule has 5 N–H and O–H groups in total. The summed E-state index contributed by atoms with van der Waals surface area (Å²) in [6, 6.07) is 3.09. The summed E-state index contributed by atoms with van der Waals surface area (Å²) in [6.07, 6.45) is -1.66. The molecule has 0 bridgehead atoms. The van der Waals surface area contributed by atoms with Crippen molar-refractivity contribution in [1.29, 1.82) is 0 Å². The van der Waals surface area contributed by atoms with Gasteiger partial charge >= 0.3 is 5.97 Å². The Kier molecular flexibility index (Phi) is 4.56. The maximum atomic E-state index is 13.1. The van der Waals surface area contributed by atoms with Gasteiger partial charge in [-0.05, 0) is 24.1 Å². The Bertz CT molecular complexity index is 1170. The van der Waals surface area contributed by atoms with Crippen molar-refractivity contribution in [2.24, 2.45) is 0 Å². The highest BCUT2D eigenvalue weighted by atomic mass is 16.5. The zero-order chi connectivity index (χ0) is 22.8. The Morgan fingerprint density at radius 1 is 1.10 bits per heavy atom. The fourth-order valence-electron chi connectivity index (χ4n) is 4.66. The van der Waals surface area contributed by atoms with Crippen LogP contribution in [0.2, 0.25) is 0 Å². The molecule has 2 aliphatic rings. The van der Waals surface area contributed by atoms with Gasteiger partial charge in [0.1, 0.15) is 23.2 Å². The van der Waals surface area contributed by atoms with Crippen LogP contribution in [-0.2, 0) is 9.53 Å². The van der Waals surface area contributed by atoms with Crippen molar-refractivity contribution >= 4 is 17.5 Å². The first-order valence-corrected chi connectivity index (χ1v) is 9.59. The molecule has 3 atom stereocenters. The summed E-state index contributed by atoms with van der Waals surface area (Å²) in [4.78, 5) is 38.8. The van der Waals surface area contributed by atoms with Crippen molar-refractivity contribution in [3.63, 3.8) is 0 Å². The second-order valence-corrected chi connectivity index (χ2v) is 7.83. The van der Waals surface area contributed by atoms with Gasteiger partial charge in [0.05, 0.1) is 29.9 Å². The summed E-state index contributed by atoms with van der Waals surface area (Å²) < 4.78 is 4.82. The number of hydrogen-bond acceptors (Lipinski definition) is 9. The molecule has 4 rings (SSSR count). The topological polar surface area (TPSA) is 162 Å². The minimum Gasteiger partial charge on any atom is -0.508 e. The molecule has 0 heterocycles. The summed E-state index contributed by atoms with van der Waals surface area (Å²) in [6.45, 7) is 1.61. The lowest BCUT2D eigenvalue weighted by Gasteiger charge is -2.42. The van der Waals surface area contributed by atoms with E-state index < -0.39 is 58.0 Å². The highest BCUT2D eigenvalue weighted by Gasteiger charge is 2.51. The van der Waals surface area contributed by atoms with E-state index in [1.54, 1.807) is 6.92 Å². The predicted octanol–water partition coefficient (Wildman–Crippen LogP) is 1.41. The number of ketones is 2. The number of aliphatic hydroxyl groups is 2. The van der Waals surface area contributed by atoms with Gasteiger partial charge in [-0.1, -0.05) is 6.92 Å². The van der Waals surface area contributed by atoms with Crippen molar-refractivity contribution in [2.45, 2.75) is 37.4 Å². The minimum atomic E-state index is -1.71. The Balaban J connectivity index is 2.05. The standard InChI is InChI=1S/C22H20O9/c1-3-22(30)7-13(25)14-9(17(22)21(29)31-2)6-11-16(19(14)27)20(28)15-10(18(11)26)4-8(23)5-12(15)24/h4-6,13,17,23-25,27,30H,3,7H2,1-2H3/t13-,17-,22?/m1/s1. The molecule has 2 aliphatic carbocycles. The van der Waals surface area contributed by atoms with Gasteiger partial charge < -0.3 is 30.3 Å². The zero-order valence-electron chi connectivity index (χ0n) is 16.7. The number of aliphatic hydroxyl groups excluding tert-OH is 1. The van der Waals surface area contributed by atoms with Crippen molar-refractivity contribution in [1.82, 2.24) is 0 Å². The molecule has 0 aliphatic heterocycles. The van der Waals surface area contributed by atoms with Crippen LogP contribution in [0.4, 0.5) is 0 Å². The predicted molar refractivity (Wildman–Crippen MR) is 104 cm³/mol. The van der Waals surface area contributed by atoms with Crippen LogP contribution in [-0.4, -0.2) is 55.8 Å². The fraction of sp³-hybridized carbons (Fsp3) is 0.318. The number of fused-ring (bicyclic) bond motifs is 3. The lowest BCUT2D eigenvalue weighted by Crippen LogP contribution is -2.46. The third-order valence-corrected chi connectivity index (χ3v) is 6.20. The van der Waals surface area contributed by atoms with E-state index in [0.29, 0.717) is 0 Å². The summed E-state index contributed by atoms with van der Waals surface area (Å²) in [7, 11) is 1.12. The van der Waals surface area contributed by atoms with Crippen molar-refractivity contribution in [2.75, 3.05) is 7.11 Å². The smallest absolute Gasteiger partial charge is 0.316 e. The highest BCUT2D eigenvalue weighted by molar-refractivity contribution is 6.30. The number of hydrogen-bond donors (Lipinski definition) is 5. The van der Waals surface area contributed by atoms with Gasteiger partial charge in [0, 0.05) is 29.2 Å². The zero-order valence-corrected chi connectivity index (χ0v) is 16.7. The summed E-state index contributed by atoms with van der Waals surface area (Å²) >= 11 is 0. The second-order valence-electron chi connectivity index (χ2n) is 7.83. The lowest BCUT2D eigenvalue weighted by molar-refractivity contribution is -0.153. The molecule has 0 saturated carbocycles. The molecule has 0 radical (unpaired) electrons. The van der Waals surface area contributed by atoms with Crippen LogP contribution in [0.5, 0.6) is 17.2 Å². The molecule has 9 heteroatoms. The number of ether oxygens (including phenoxy) is 1. The van der Waals surface area contributed by atoms with E-state index >= 15 is 0 Å². The number of methoxy groups -OCH3 is 1. The monoisotopic (exact) mass is 428 g/mol. The number of rotatable bonds is 2. The molecular formula is C22H20O9. The molecule has 0 spiro atoms. The highest BCUT2D eigenvalue weighted by Crippen LogP contribution is 2.52. The Morgan fingerprint density at radius 3 is 2.35 bits per heavy atom. The van der Waals surface area contributed by atoms with Crippen LogP contribution in [0.15, 0.2) is 18.2 Å². The summed E-state index contributed by atoms with van der Waals surface area (Å²) in [5.74, 6) is -5.58. The Morgan fingerprint density at radius 2 is 1.74 bits per heavy atom. The largest absolute Gasteiger partial charge is 0.508 e. The molecule has 0 fully saturated rings. The Hall–Kier alpha value is -3.43. The molecule has 0 saturated heterocycles. The second kappa shape index (κ2) is 6.79. The van der Waals surface area contributed by atoms with E-state index in [2.05, 4.69) is 0 Å². The van der Waals surface area contributed by atoms with Gasteiger partial charge in [-0.3, -0.25) is 14.4 Å². The number of phenolic OH excluding ortho intramolecular Hbond substituents is 3. The average molecular weight is 428 g/mol. The molecule has 0 aromatic heterocycles. The van der Waals surface area contributed by atoms with Crippen LogP contribution in [0.3, 0.4) is 0 Å². The number of esters is 1. The number of phenols is 3. The van der Waals surface area contributed by atoms with Gasteiger partial charge in [0.25, 0.3) is 0 Å². The molecule has 1 unspecified atom stereocenters. The van der Waals surface area contributed by atoms with Gasteiger partial charge in [-0.2, -0.15) is 0 Å². The minimum absolute atomic E-state index is 0.0276.